The van der Waals surface area contributed by atoms with Crippen molar-refractivity contribution in [3.8, 4) is 11.8 Å². The van der Waals surface area contributed by atoms with Gasteiger partial charge in [-0.25, -0.2) is 4.79 Å². The van der Waals surface area contributed by atoms with Crippen LogP contribution in [0.2, 0.25) is 0 Å². The Morgan fingerprint density at radius 2 is 2.40 bits per heavy atom. The average molecular weight is 205 g/mol. The van der Waals surface area contributed by atoms with Crippen LogP contribution in [0.25, 0.3) is 0 Å². The van der Waals surface area contributed by atoms with E-state index < -0.39 is 0 Å². The summed E-state index contributed by atoms with van der Waals surface area (Å²) in [5.74, 6) is 5.76. The third kappa shape index (κ3) is 3.19. The monoisotopic (exact) mass is 205 g/mol. The first-order chi connectivity index (χ1) is 7.15. The zero-order valence-electron chi connectivity index (χ0n) is 9.33. The molecule has 1 saturated heterocycles. The summed E-state index contributed by atoms with van der Waals surface area (Å²) in [7, 11) is 0. The molecule has 0 aromatic carbocycles. The highest BCUT2D eigenvalue weighted by molar-refractivity contribution is 5.71. The lowest BCUT2D eigenvalue weighted by Crippen LogP contribution is -2.27. The second-order valence-electron chi connectivity index (χ2n) is 3.54. The number of rotatable bonds is 2. The maximum absolute atomic E-state index is 11.3. The minimum absolute atomic E-state index is 0.0248. The van der Waals surface area contributed by atoms with E-state index in [2.05, 4.69) is 17.6 Å². The molecule has 3 nitrogen and oxygen atoms in total. The van der Waals surface area contributed by atoms with Crippen LogP contribution in [0, 0.1) is 11.8 Å². The Hall–Kier alpha value is -1.65. The topological polar surface area (TPSA) is 29.5 Å². The van der Waals surface area contributed by atoms with Crippen molar-refractivity contribution in [2.24, 2.45) is 0 Å². The zero-order valence-corrected chi connectivity index (χ0v) is 9.33. The molecule has 0 bridgehead atoms. The number of carbonyl (C=O) groups excluding carboxylic acids is 1. The summed E-state index contributed by atoms with van der Waals surface area (Å²) in [5, 5.41) is 0. The van der Waals surface area contributed by atoms with E-state index in [0.29, 0.717) is 13.0 Å². The molecule has 1 aliphatic heterocycles. The van der Waals surface area contributed by atoms with E-state index in [-0.39, 0.29) is 12.1 Å². The number of ether oxygens (including phenoxy) is 1. The van der Waals surface area contributed by atoms with Crippen LogP contribution < -0.4 is 0 Å². The van der Waals surface area contributed by atoms with Gasteiger partial charge in [-0.1, -0.05) is 0 Å². The van der Waals surface area contributed by atoms with E-state index in [1.54, 1.807) is 18.0 Å². The van der Waals surface area contributed by atoms with Crippen LogP contribution in [0.1, 0.15) is 27.2 Å². The maximum atomic E-state index is 11.3. The van der Waals surface area contributed by atoms with Gasteiger partial charge in [-0.05, 0) is 26.3 Å². The molecule has 1 atom stereocenters. The van der Waals surface area contributed by atoms with Gasteiger partial charge in [0.05, 0.1) is 12.2 Å². The molecule has 1 aliphatic rings. The van der Waals surface area contributed by atoms with Crippen molar-refractivity contribution in [3.63, 3.8) is 0 Å². The van der Waals surface area contributed by atoms with Crippen LogP contribution in [0.5, 0.6) is 0 Å². The lowest BCUT2D eigenvalue weighted by Gasteiger charge is -2.12. The second kappa shape index (κ2) is 5.29. The molecule has 1 fully saturated rings. The largest absolute Gasteiger partial charge is 0.447 e. The van der Waals surface area contributed by atoms with E-state index in [1.165, 1.54) is 0 Å². The molecule has 0 N–H and O–H groups in total. The van der Waals surface area contributed by atoms with Gasteiger partial charge in [-0.3, -0.25) is 4.90 Å². The Kier molecular flexibility index (Phi) is 4.03. The van der Waals surface area contributed by atoms with E-state index in [4.69, 9.17) is 4.74 Å². The molecule has 3 heteroatoms. The molecule has 15 heavy (non-hydrogen) atoms. The van der Waals surface area contributed by atoms with Gasteiger partial charge < -0.3 is 4.74 Å². The minimum Gasteiger partial charge on any atom is -0.447 e. The summed E-state index contributed by atoms with van der Waals surface area (Å²) in [4.78, 5) is 12.9. The molecule has 0 aliphatic carbocycles. The van der Waals surface area contributed by atoms with Crippen molar-refractivity contribution in [3.05, 3.63) is 17.5 Å². The first-order valence-corrected chi connectivity index (χ1v) is 4.90. The molecule has 80 valence electrons. The third-order valence-corrected chi connectivity index (χ3v) is 2.01. The summed E-state index contributed by atoms with van der Waals surface area (Å²) in [5.41, 5.74) is 4.02. The first-order valence-electron chi connectivity index (χ1n) is 4.90. The first kappa shape index (κ1) is 11.4. The van der Waals surface area contributed by atoms with E-state index in [0.717, 1.165) is 5.57 Å². The quantitative estimate of drug-likeness (QED) is 0.511. The van der Waals surface area contributed by atoms with Gasteiger partial charge in [-0.2, -0.15) is 0 Å². The number of hydrogen-bond acceptors (Lipinski definition) is 2. The standard InChI is InChI=1S/C12H15NO2/c1-4-5-6-11-9-15-12(14)13(11)8-7-10(2)3/h8,11H,6,9H2,1-3H3. The zero-order chi connectivity index (χ0) is 11.3. The summed E-state index contributed by atoms with van der Waals surface area (Å²) in [6.45, 7) is 6.06. The molecule has 1 amide bonds. The fourth-order valence-corrected chi connectivity index (χ4v) is 1.21. The molecule has 0 spiro atoms. The Bertz CT molecular complexity index is 363. The van der Waals surface area contributed by atoms with Crippen LogP contribution in [0.4, 0.5) is 4.79 Å². The number of hydrogen-bond donors (Lipinski definition) is 0. The molecule has 1 unspecified atom stereocenters. The molecular weight excluding hydrogens is 190 g/mol. The molecule has 0 radical (unpaired) electrons. The molecular formula is C12H15NO2. The fraction of sp³-hybridized carbons (Fsp3) is 0.500. The fourth-order valence-electron chi connectivity index (χ4n) is 1.21. The van der Waals surface area contributed by atoms with Gasteiger partial charge in [0, 0.05) is 6.42 Å². The molecule has 0 aromatic rings. The van der Waals surface area contributed by atoms with E-state index >= 15 is 0 Å². The van der Waals surface area contributed by atoms with Crippen LogP contribution in [-0.4, -0.2) is 23.6 Å². The molecule has 1 heterocycles. The Morgan fingerprint density at radius 3 is 3.00 bits per heavy atom. The Balaban J connectivity index is 2.76. The van der Waals surface area contributed by atoms with Crippen molar-refractivity contribution in [2.75, 3.05) is 6.61 Å². The Morgan fingerprint density at radius 1 is 1.67 bits per heavy atom. The van der Waals surface area contributed by atoms with Crippen molar-refractivity contribution in [2.45, 2.75) is 33.2 Å². The van der Waals surface area contributed by atoms with Gasteiger partial charge in [0.1, 0.15) is 6.61 Å². The summed E-state index contributed by atoms with van der Waals surface area (Å²) >= 11 is 0. The van der Waals surface area contributed by atoms with Gasteiger partial charge in [-0.15, -0.1) is 17.6 Å². The number of carbonyl (C=O) groups is 1. The number of allylic oxidation sites excluding steroid dienone is 1. The van der Waals surface area contributed by atoms with Crippen molar-refractivity contribution < 1.29 is 9.53 Å². The van der Waals surface area contributed by atoms with E-state index in [1.807, 2.05) is 13.8 Å². The highest BCUT2D eigenvalue weighted by Gasteiger charge is 2.30. The van der Waals surface area contributed by atoms with Gasteiger partial charge >= 0.3 is 6.09 Å². The Labute approximate surface area is 90.4 Å². The van der Waals surface area contributed by atoms with Crippen LogP contribution in [0.15, 0.2) is 17.5 Å². The lowest BCUT2D eigenvalue weighted by molar-refractivity contribution is 0.166. The predicted molar refractivity (Wildman–Crippen MR) is 58.0 cm³/mol. The molecule has 0 saturated carbocycles. The van der Waals surface area contributed by atoms with Crippen LogP contribution in [0.3, 0.4) is 0 Å². The van der Waals surface area contributed by atoms with Gasteiger partial charge in [0.25, 0.3) is 0 Å². The van der Waals surface area contributed by atoms with Crippen LogP contribution in [-0.2, 0) is 4.74 Å². The summed E-state index contributed by atoms with van der Waals surface area (Å²) in [6, 6.07) is 0.0248. The smallest absolute Gasteiger partial charge is 0.414 e. The highest BCUT2D eigenvalue weighted by atomic mass is 16.6. The summed E-state index contributed by atoms with van der Waals surface area (Å²) < 4.78 is 4.95. The minimum atomic E-state index is -0.313. The van der Waals surface area contributed by atoms with Crippen molar-refractivity contribution >= 4 is 6.09 Å². The summed E-state index contributed by atoms with van der Waals surface area (Å²) in [6.07, 6.45) is 1.97. The SMILES string of the molecule is CC#CCC1COC(=O)N1C=C=C(C)C. The van der Waals surface area contributed by atoms with Crippen LogP contribution >= 0.6 is 0 Å². The number of nitrogens with zero attached hydrogens (tertiary/aromatic N) is 1. The molecule has 0 aromatic heterocycles. The van der Waals surface area contributed by atoms with Crippen molar-refractivity contribution in [1.29, 1.82) is 0 Å². The highest BCUT2D eigenvalue weighted by Crippen LogP contribution is 2.15. The number of cyclic esters (lactones) is 1. The normalized spacial score (nSPS) is 18.7. The average Bonchev–Trinajstić information content (AvgIpc) is 2.53. The number of amides is 1. The third-order valence-electron chi connectivity index (χ3n) is 2.01. The maximum Gasteiger partial charge on any atom is 0.414 e. The predicted octanol–water partition coefficient (Wildman–Crippen LogP) is 2.30. The van der Waals surface area contributed by atoms with Crippen molar-refractivity contribution in [1.82, 2.24) is 4.90 Å². The van der Waals surface area contributed by atoms with E-state index in [9.17, 15) is 4.79 Å². The van der Waals surface area contributed by atoms with Gasteiger partial charge in [0.2, 0.25) is 0 Å². The second-order valence-corrected chi connectivity index (χ2v) is 3.54. The van der Waals surface area contributed by atoms with Gasteiger partial charge in [0.15, 0.2) is 0 Å². The molecule has 1 rings (SSSR count). The lowest BCUT2D eigenvalue weighted by atomic mass is 10.2.